The van der Waals surface area contributed by atoms with Crippen molar-refractivity contribution in [1.29, 1.82) is 0 Å². The Morgan fingerprint density at radius 3 is 2.84 bits per heavy atom. The molecule has 1 N–H and O–H groups in total. The predicted molar refractivity (Wildman–Crippen MR) is 73.2 cm³/mol. The number of non-ortho nitro benzene ring substituents is 1. The summed E-state index contributed by atoms with van der Waals surface area (Å²) in [6.45, 7) is 2.56. The summed E-state index contributed by atoms with van der Waals surface area (Å²) < 4.78 is 1.76. The van der Waals surface area contributed by atoms with E-state index in [-0.39, 0.29) is 10.6 Å². The van der Waals surface area contributed by atoms with Crippen LogP contribution in [0, 0.1) is 17.0 Å². The lowest BCUT2D eigenvalue weighted by Crippen LogP contribution is -2.05. The number of nitro benzene ring substituents is 1. The van der Waals surface area contributed by atoms with Crippen molar-refractivity contribution in [2.75, 3.05) is 11.9 Å². The lowest BCUT2D eigenvalue weighted by molar-refractivity contribution is -0.384. The summed E-state index contributed by atoms with van der Waals surface area (Å²) in [5, 5.41) is 18.1. The third-order valence-electron chi connectivity index (χ3n) is 2.77. The quantitative estimate of drug-likeness (QED) is 0.661. The van der Waals surface area contributed by atoms with Gasteiger partial charge in [-0.3, -0.25) is 14.8 Å². The second kappa shape index (κ2) is 5.51. The first-order valence-corrected chi connectivity index (χ1v) is 6.02. The van der Waals surface area contributed by atoms with E-state index in [1.54, 1.807) is 16.8 Å². The van der Waals surface area contributed by atoms with Crippen LogP contribution >= 0.6 is 0 Å². The van der Waals surface area contributed by atoms with Crippen molar-refractivity contribution in [2.45, 2.75) is 13.3 Å². The van der Waals surface area contributed by atoms with Gasteiger partial charge in [0.1, 0.15) is 0 Å². The lowest BCUT2D eigenvalue weighted by Gasteiger charge is -2.06. The molecule has 0 aliphatic carbocycles. The molecule has 0 saturated heterocycles. The molecule has 1 aromatic carbocycles. The van der Waals surface area contributed by atoms with Gasteiger partial charge in [-0.1, -0.05) is 0 Å². The molecule has 0 aliphatic rings. The highest BCUT2D eigenvalue weighted by atomic mass is 16.6. The van der Waals surface area contributed by atoms with Crippen LogP contribution in [0.5, 0.6) is 0 Å². The average molecular weight is 260 g/mol. The molecule has 0 fully saturated rings. The van der Waals surface area contributed by atoms with Gasteiger partial charge in [-0.05, 0) is 30.5 Å². The van der Waals surface area contributed by atoms with Crippen molar-refractivity contribution >= 4 is 11.4 Å². The van der Waals surface area contributed by atoms with Crippen LogP contribution < -0.4 is 5.32 Å². The Morgan fingerprint density at radius 2 is 2.21 bits per heavy atom. The van der Waals surface area contributed by atoms with Crippen LogP contribution in [0.25, 0.3) is 0 Å². The molecule has 0 radical (unpaired) electrons. The molecule has 19 heavy (non-hydrogen) atoms. The molecule has 1 heterocycles. The largest absolute Gasteiger partial charge is 0.384 e. The molecule has 2 aromatic rings. The summed E-state index contributed by atoms with van der Waals surface area (Å²) in [5.74, 6) is 0. The number of rotatable bonds is 5. The minimum absolute atomic E-state index is 0.115. The highest BCUT2D eigenvalue weighted by molar-refractivity contribution is 5.53. The smallest absolute Gasteiger partial charge is 0.271 e. The second-order valence-electron chi connectivity index (χ2n) is 4.51. The fourth-order valence-corrected chi connectivity index (χ4v) is 1.92. The number of aryl methyl sites for hydroxylation is 2. The molecule has 1 aromatic heterocycles. The van der Waals surface area contributed by atoms with Crippen LogP contribution in [0.15, 0.2) is 30.6 Å². The van der Waals surface area contributed by atoms with Gasteiger partial charge in [0.2, 0.25) is 0 Å². The SMILES string of the molecule is Cc1cc(NCCc2cnn(C)c2)cc([N+](=O)[O-])c1. The first-order chi connectivity index (χ1) is 9.04. The number of aromatic nitrogens is 2. The van der Waals surface area contributed by atoms with E-state index in [2.05, 4.69) is 10.4 Å². The molecule has 6 nitrogen and oxygen atoms in total. The number of hydrogen-bond donors (Lipinski definition) is 1. The number of nitro groups is 1. The lowest BCUT2D eigenvalue weighted by atomic mass is 10.2. The minimum atomic E-state index is -0.376. The zero-order valence-corrected chi connectivity index (χ0v) is 11.0. The number of benzene rings is 1. The first-order valence-electron chi connectivity index (χ1n) is 6.02. The summed E-state index contributed by atoms with van der Waals surface area (Å²) in [4.78, 5) is 10.4. The number of nitrogens with one attached hydrogen (secondary N) is 1. The van der Waals surface area contributed by atoms with Gasteiger partial charge >= 0.3 is 0 Å². The Hall–Kier alpha value is -2.37. The van der Waals surface area contributed by atoms with Gasteiger partial charge < -0.3 is 5.32 Å². The van der Waals surface area contributed by atoms with Crippen molar-refractivity contribution < 1.29 is 4.92 Å². The Balaban J connectivity index is 1.97. The highest BCUT2D eigenvalue weighted by Gasteiger charge is 2.07. The van der Waals surface area contributed by atoms with E-state index in [0.29, 0.717) is 6.54 Å². The molecular weight excluding hydrogens is 244 g/mol. The summed E-state index contributed by atoms with van der Waals surface area (Å²) >= 11 is 0. The van der Waals surface area contributed by atoms with Crippen molar-refractivity contribution in [3.63, 3.8) is 0 Å². The van der Waals surface area contributed by atoms with Crippen LogP contribution in [-0.2, 0) is 13.5 Å². The minimum Gasteiger partial charge on any atom is -0.384 e. The molecule has 0 spiro atoms. The topological polar surface area (TPSA) is 73.0 Å². The van der Waals surface area contributed by atoms with Crippen LogP contribution in [0.3, 0.4) is 0 Å². The van der Waals surface area contributed by atoms with Gasteiger partial charge in [-0.25, -0.2) is 0 Å². The Morgan fingerprint density at radius 1 is 1.42 bits per heavy atom. The van der Waals surface area contributed by atoms with Gasteiger partial charge in [-0.2, -0.15) is 5.10 Å². The van der Waals surface area contributed by atoms with Gasteiger partial charge in [0.05, 0.1) is 11.1 Å². The summed E-state index contributed by atoms with van der Waals surface area (Å²) in [6.07, 6.45) is 4.61. The van der Waals surface area contributed by atoms with Crippen molar-refractivity contribution in [1.82, 2.24) is 9.78 Å². The molecular formula is C13H16N4O2. The molecule has 0 saturated carbocycles. The molecule has 2 rings (SSSR count). The van der Waals surface area contributed by atoms with Crippen LogP contribution in [0.4, 0.5) is 11.4 Å². The normalized spacial score (nSPS) is 10.4. The standard InChI is InChI=1S/C13H16N4O2/c1-10-5-12(7-13(6-10)17(18)19)14-4-3-11-8-15-16(2)9-11/h5-9,14H,3-4H2,1-2H3. The Bertz CT molecular complexity index is 592. The third-order valence-corrected chi connectivity index (χ3v) is 2.77. The number of hydrogen-bond acceptors (Lipinski definition) is 4. The molecule has 0 amide bonds. The maximum Gasteiger partial charge on any atom is 0.271 e. The Labute approximate surface area is 111 Å². The Kier molecular flexibility index (Phi) is 3.79. The van der Waals surface area contributed by atoms with E-state index in [1.807, 2.05) is 32.4 Å². The fraction of sp³-hybridized carbons (Fsp3) is 0.308. The number of anilines is 1. The van der Waals surface area contributed by atoms with Crippen LogP contribution in [-0.4, -0.2) is 21.2 Å². The summed E-state index contributed by atoms with van der Waals surface area (Å²) in [5.41, 5.74) is 2.90. The predicted octanol–water partition coefficient (Wildman–Crippen LogP) is 2.29. The van der Waals surface area contributed by atoms with E-state index >= 15 is 0 Å². The van der Waals surface area contributed by atoms with Gasteiger partial charge in [0.25, 0.3) is 5.69 Å². The molecule has 0 aliphatic heterocycles. The van der Waals surface area contributed by atoms with E-state index < -0.39 is 0 Å². The zero-order chi connectivity index (χ0) is 13.8. The molecule has 0 unspecified atom stereocenters. The summed E-state index contributed by atoms with van der Waals surface area (Å²) in [7, 11) is 1.88. The molecule has 0 bridgehead atoms. The van der Waals surface area contributed by atoms with E-state index in [0.717, 1.165) is 23.2 Å². The molecule has 0 atom stereocenters. The van der Waals surface area contributed by atoms with E-state index in [1.165, 1.54) is 0 Å². The van der Waals surface area contributed by atoms with Gasteiger partial charge in [0, 0.05) is 37.6 Å². The van der Waals surface area contributed by atoms with Gasteiger partial charge in [-0.15, -0.1) is 0 Å². The van der Waals surface area contributed by atoms with E-state index in [9.17, 15) is 10.1 Å². The van der Waals surface area contributed by atoms with Crippen molar-refractivity contribution in [3.05, 3.63) is 51.8 Å². The van der Waals surface area contributed by atoms with Crippen LogP contribution in [0.2, 0.25) is 0 Å². The number of nitrogens with zero attached hydrogens (tertiary/aromatic N) is 3. The maximum atomic E-state index is 10.8. The third kappa shape index (κ3) is 3.54. The maximum absolute atomic E-state index is 10.8. The average Bonchev–Trinajstić information content (AvgIpc) is 2.74. The fourth-order valence-electron chi connectivity index (χ4n) is 1.92. The highest BCUT2D eigenvalue weighted by Crippen LogP contribution is 2.20. The zero-order valence-electron chi connectivity index (χ0n) is 11.0. The van der Waals surface area contributed by atoms with Crippen molar-refractivity contribution in [2.24, 2.45) is 7.05 Å². The van der Waals surface area contributed by atoms with Gasteiger partial charge in [0.15, 0.2) is 0 Å². The summed E-state index contributed by atoms with van der Waals surface area (Å²) in [6, 6.07) is 5.01. The van der Waals surface area contributed by atoms with E-state index in [4.69, 9.17) is 0 Å². The van der Waals surface area contributed by atoms with Crippen molar-refractivity contribution in [3.8, 4) is 0 Å². The first kappa shape index (κ1) is 13.1. The molecule has 100 valence electrons. The monoisotopic (exact) mass is 260 g/mol. The molecule has 6 heteroatoms. The van der Waals surface area contributed by atoms with Crippen LogP contribution in [0.1, 0.15) is 11.1 Å². The second-order valence-corrected chi connectivity index (χ2v) is 4.51.